The molecule has 1 amide bonds. The summed E-state index contributed by atoms with van der Waals surface area (Å²) >= 11 is 8.00. The molecule has 0 fully saturated rings. The Morgan fingerprint density at radius 1 is 1.00 bits per heavy atom. The zero-order valence-corrected chi connectivity index (χ0v) is 21.5. The van der Waals surface area contributed by atoms with E-state index in [2.05, 4.69) is 15.5 Å². The van der Waals surface area contributed by atoms with Gasteiger partial charge in [0.15, 0.2) is 11.0 Å². The van der Waals surface area contributed by atoms with E-state index in [1.54, 1.807) is 19.4 Å². The van der Waals surface area contributed by atoms with Gasteiger partial charge in [-0.2, -0.15) is 0 Å². The molecule has 2 heterocycles. The first-order valence-corrected chi connectivity index (χ1v) is 12.9. The normalized spacial score (nSPS) is 10.9. The minimum atomic E-state index is -0.166. The highest BCUT2D eigenvalue weighted by atomic mass is 35.5. The van der Waals surface area contributed by atoms with Crippen molar-refractivity contribution in [2.24, 2.45) is 0 Å². The van der Waals surface area contributed by atoms with Crippen LogP contribution in [0.5, 0.6) is 5.75 Å². The Kier molecular flexibility index (Phi) is 7.58. The van der Waals surface area contributed by atoms with Crippen LogP contribution in [0.1, 0.15) is 21.7 Å². The molecule has 0 spiro atoms. The molecule has 0 saturated heterocycles. The number of benzene rings is 3. The molecular weight excluding hydrogens is 508 g/mol. The highest BCUT2D eigenvalue weighted by Crippen LogP contribution is 2.33. The molecule has 3 aromatic carbocycles. The summed E-state index contributed by atoms with van der Waals surface area (Å²) in [4.78, 5) is 12.9. The number of carbonyl (C=O) groups excluding carboxylic acids is 1. The monoisotopic (exact) mass is 530 g/mol. The van der Waals surface area contributed by atoms with Crippen molar-refractivity contribution in [1.29, 1.82) is 0 Å². The van der Waals surface area contributed by atoms with E-state index in [9.17, 15) is 4.79 Å². The first-order chi connectivity index (χ1) is 18.1. The van der Waals surface area contributed by atoms with Crippen molar-refractivity contribution in [2.45, 2.75) is 17.5 Å². The van der Waals surface area contributed by atoms with Gasteiger partial charge >= 0.3 is 0 Å². The first kappa shape index (κ1) is 24.7. The Bertz CT molecular complexity index is 1500. The Hall–Kier alpha value is -4.01. The number of furan rings is 1. The molecule has 2 aromatic heterocycles. The van der Waals surface area contributed by atoms with Gasteiger partial charge in [0.2, 0.25) is 0 Å². The second kappa shape index (κ2) is 11.4. The fraction of sp³-hybridized carbons (Fsp3) is 0.107. The summed E-state index contributed by atoms with van der Waals surface area (Å²) in [6, 6.07) is 26.4. The van der Waals surface area contributed by atoms with Crippen molar-refractivity contribution in [1.82, 2.24) is 20.1 Å². The molecule has 0 atom stereocenters. The molecule has 0 aliphatic heterocycles. The zero-order valence-electron chi connectivity index (χ0n) is 19.9. The van der Waals surface area contributed by atoms with Crippen molar-refractivity contribution in [3.05, 3.63) is 113 Å². The molecule has 0 radical (unpaired) electrons. The van der Waals surface area contributed by atoms with Crippen molar-refractivity contribution in [2.75, 3.05) is 7.11 Å². The summed E-state index contributed by atoms with van der Waals surface area (Å²) < 4.78 is 12.6. The third-order valence-electron chi connectivity index (χ3n) is 5.70. The first-order valence-electron chi connectivity index (χ1n) is 11.5. The maximum Gasteiger partial charge on any atom is 0.251 e. The summed E-state index contributed by atoms with van der Waals surface area (Å²) in [6.07, 6.45) is 1.59. The van der Waals surface area contributed by atoms with E-state index in [0.29, 0.717) is 39.6 Å². The van der Waals surface area contributed by atoms with Crippen molar-refractivity contribution in [3.63, 3.8) is 0 Å². The van der Waals surface area contributed by atoms with Crippen LogP contribution in [0.4, 0.5) is 0 Å². The van der Waals surface area contributed by atoms with Gasteiger partial charge < -0.3 is 14.5 Å². The van der Waals surface area contributed by atoms with Gasteiger partial charge in [-0.05, 0) is 60.2 Å². The Morgan fingerprint density at radius 2 is 1.78 bits per heavy atom. The summed E-state index contributed by atoms with van der Waals surface area (Å²) in [6.45, 7) is 0.320. The van der Waals surface area contributed by atoms with E-state index in [1.807, 2.05) is 83.4 Å². The minimum absolute atomic E-state index is 0.166. The second-order valence-electron chi connectivity index (χ2n) is 8.03. The predicted octanol–water partition coefficient (Wildman–Crippen LogP) is 6.41. The third-order valence-corrected chi connectivity index (χ3v) is 7.01. The van der Waals surface area contributed by atoms with Gasteiger partial charge in [0, 0.05) is 22.6 Å². The molecule has 5 aromatic rings. The van der Waals surface area contributed by atoms with E-state index >= 15 is 0 Å². The van der Waals surface area contributed by atoms with Crippen molar-refractivity contribution < 1.29 is 13.9 Å². The number of hydrogen-bond acceptors (Lipinski definition) is 6. The zero-order chi connectivity index (χ0) is 25.6. The fourth-order valence-corrected chi connectivity index (χ4v) is 5.01. The number of aromatic nitrogens is 3. The molecule has 1 N–H and O–H groups in total. The van der Waals surface area contributed by atoms with Crippen LogP contribution in [0.25, 0.3) is 17.1 Å². The SMILES string of the molecule is COc1ccc(-n2c(SCc3ccccc3C(=O)NCc3ccco3)nnc2-c2ccccc2Cl)cc1. The number of nitrogens with zero attached hydrogens (tertiary/aromatic N) is 3. The van der Waals surface area contributed by atoms with Gasteiger partial charge in [0.05, 0.1) is 24.9 Å². The number of hydrogen-bond donors (Lipinski definition) is 1. The molecule has 0 saturated carbocycles. The molecular formula is C28H23ClN4O3S. The van der Waals surface area contributed by atoms with E-state index in [0.717, 1.165) is 22.6 Å². The third kappa shape index (κ3) is 5.55. The maximum atomic E-state index is 12.9. The Labute approximate surface area is 223 Å². The van der Waals surface area contributed by atoms with E-state index in [1.165, 1.54) is 11.8 Å². The highest BCUT2D eigenvalue weighted by molar-refractivity contribution is 7.98. The van der Waals surface area contributed by atoms with Crippen LogP contribution in [-0.4, -0.2) is 27.8 Å². The number of rotatable bonds is 9. The second-order valence-corrected chi connectivity index (χ2v) is 9.38. The number of nitrogens with one attached hydrogen (secondary N) is 1. The van der Waals surface area contributed by atoms with Gasteiger partial charge in [0.25, 0.3) is 5.91 Å². The summed E-state index contributed by atoms with van der Waals surface area (Å²) in [5.74, 6) is 2.42. The van der Waals surface area contributed by atoms with Crippen LogP contribution in [0.3, 0.4) is 0 Å². The van der Waals surface area contributed by atoms with Gasteiger partial charge in [-0.1, -0.05) is 53.7 Å². The molecule has 37 heavy (non-hydrogen) atoms. The predicted molar refractivity (Wildman–Crippen MR) is 144 cm³/mol. The van der Waals surface area contributed by atoms with Crippen LogP contribution in [0.15, 0.2) is 101 Å². The average Bonchev–Trinajstić information content (AvgIpc) is 3.61. The van der Waals surface area contributed by atoms with Crippen LogP contribution >= 0.6 is 23.4 Å². The van der Waals surface area contributed by atoms with Crippen LogP contribution in [0, 0.1) is 0 Å². The van der Waals surface area contributed by atoms with E-state index < -0.39 is 0 Å². The molecule has 0 unspecified atom stereocenters. The number of halogens is 1. The van der Waals surface area contributed by atoms with Crippen LogP contribution in [0.2, 0.25) is 5.02 Å². The van der Waals surface area contributed by atoms with Gasteiger partial charge in [0.1, 0.15) is 11.5 Å². The van der Waals surface area contributed by atoms with Crippen molar-refractivity contribution in [3.8, 4) is 22.8 Å². The number of ether oxygens (including phenoxy) is 1. The van der Waals surface area contributed by atoms with E-state index in [-0.39, 0.29) is 5.91 Å². The highest BCUT2D eigenvalue weighted by Gasteiger charge is 2.19. The topological polar surface area (TPSA) is 82.2 Å². The lowest BCUT2D eigenvalue weighted by molar-refractivity contribution is 0.0947. The Morgan fingerprint density at radius 3 is 2.54 bits per heavy atom. The summed E-state index contributed by atoms with van der Waals surface area (Å²) in [5, 5.41) is 13.1. The molecule has 7 nitrogen and oxygen atoms in total. The van der Waals surface area contributed by atoms with Crippen molar-refractivity contribution >= 4 is 29.3 Å². The molecule has 0 aliphatic carbocycles. The lowest BCUT2D eigenvalue weighted by Gasteiger charge is -2.13. The number of carbonyl (C=O) groups is 1. The molecule has 5 rings (SSSR count). The minimum Gasteiger partial charge on any atom is -0.497 e. The molecule has 0 bridgehead atoms. The number of methoxy groups -OCH3 is 1. The summed E-state index contributed by atoms with van der Waals surface area (Å²) in [7, 11) is 1.63. The standard InChI is InChI=1S/C28H23ClN4O3S/c1-35-21-14-12-20(13-15-21)33-26(24-10-4-5-11-25(24)29)31-32-28(33)37-18-19-7-2-3-9-23(19)27(34)30-17-22-8-6-16-36-22/h2-16H,17-18H2,1H3,(H,30,34). The quantitative estimate of drug-likeness (QED) is 0.222. The largest absolute Gasteiger partial charge is 0.497 e. The fourth-order valence-electron chi connectivity index (χ4n) is 3.83. The van der Waals surface area contributed by atoms with Gasteiger partial charge in [-0.25, -0.2) is 0 Å². The van der Waals surface area contributed by atoms with Gasteiger partial charge in [-0.15, -0.1) is 10.2 Å². The molecule has 0 aliphatic rings. The lowest BCUT2D eigenvalue weighted by Crippen LogP contribution is -2.23. The van der Waals surface area contributed by atoms with Gasteiger partial charge in [-0.3, -0.25) is 9.36 Å². The lowest BCUT2D eigenvalue weighted by atomic mass is 10.1. The van der Waals surface area contributed by atoms with Crippen LogP contribution in [-0.2, 0) is 12.3 Å². The maximum absolute atomic E-state index is 12.9. The molecule has 9 heteroatoms. The van der Waals surface area contributed by atoms with E-state index in [4.69, 9.17) is 20.8 Å². The smallest absolute Gasteiger partial charge is 0.251 e. The summed E-state index contributed by atoms with van der Waals surface area (Å²) in [5.41, 5.74) is 3.13. The average molecular weight is 531 g/mol. The Balaban J connectivity index is 1.43. The van der Waals surface area contributed by atoms with Crippen LogP contribution < -0.4 is 10.1 Å². The molecule has 186 valence electrons. The number of amides is 1. The number of thioether (sulfide) groups is 1.